The summed E-state index contributed by atoms with van der Waals surface area (Å²) in [6, 6.07) is 7.71. The molecular formula is C11H10O3. The molecule has 0 spiro atoms. The van der Waals surface area contributed by atoms with E-state index in [9.17, 15) is 0 Å². The Morgan fingerprint density at radius 3 is 3.14 bits per heavy atom. The second-order valence-corrected chi connectivity index (χ2v) is 3.35. The van der Waals surface area contributed by atoms with Crippen LogP contribution in [0.25, 0.3) is 11.0 Å². The Bertz CT molecular complexity index is 442. The van der Waals surface area contributed by atoms with Crippen LogP contribution in [0.3, 0.4) is 0 Å². The molecular weight excluding hydrogens is 180 g/mol. The van der Waals surface area contributed by atoms with E-state index < -0.39 is 0 Å². The number of hydrogen-bond acceptors (Lipinski definition) is 3. The van der Waals surface area contributed by atoms with Gasteiger partial charge < -0.3 is 13.9 Å². The van der Waals surface area contributed by atoms with Crippen LogP contribution in [0.1, 0.15) is 0 Å². The van der Waals surface area contributed by atoms with Crippen LogP contribution in [0.5, 0.6) is 5.75 Å². The fraction of sp³-hybridized carbons (Fsp3) is 0.273. The van der Waals surface area contributed by atoms with Crippen LogP contribution < -0.4 is 4.74 Å². The monoisotopic (exact) mass is 190 g/mol. The van der Waals surface area contributed by atoms with Gasteiger partial charge in [0.05, 0.1) is 18.3 Å². The molecule has 0 bridgehead atoms. The molecule has 1 atom stereocenters. The van der Waals surface area contributed by atoms with Gasteiger partial charge in [-0.15, -0.1) is 0 Å². The van der Waals surface area contributed by atoms with E-state index in [2.05, 4.69) is 0 Å². The van der Waals surface area contributed by atoms with Gasteiger partial charge in [0.15, 0.2) is 0 Å². The van der Waals surface area contributed by atoms with E-state index in [1.54, 1.807) is 6.26 Å². The average molecular weight is 190 g/mol. The molecule has 1 saturated heterocycles. The second-order valence-electron chi connectivity index (χ2n) is 3.35. The first-order valence-corrected chi connectivity index (χ1v) is 4.64. The highest BCUT2D eigenvalue weighted by atomic mass is 16.6. The van der Waals surface area contributed by atoms with Crippen LogP contribution >= 0.6 is 0 Å². The van der Waals surface area contributed by atoms with E-state index in [4.69, 9.17) is 13.9 Å². The Kier molecular flexibility index (Phi) is 1.70. The summed E-state index contributed by atoms with van der Waals surface area (Å²) >= 11 is 0. The highest BCUT2D eigenvalue weighted by molar-refractivity contribution is 5.83. The summed E-state index contributed by atoms with van der Waals surface area (Å²) in [5.41, 5.74) is 0.860. The third-order valence-corrected chi connectivity index (χ3v) is 2.28. The number of rotatable bonds is 3. The van der Waals surface area contributed by atoms with E-state index in [0.717, 1.165) is 23.3 Å². The number of fused-ring (bicyclic) bond motifs is 1. The summed E-state index contributed by atoms with van der Waals surface area (Å²) in [5.74, 6) is 0.867. The molecule has 14 heavy (non-hydrogen) atoms. The molecule has 3 nitrogen and oxygen atoms in total. The molecule has 0 aliphatic carbocycles. The van der Waals surface area contributed by atoms with E-state index in [1.807, 2.05) is 24.3 Å². The van der Waals surface area contributed by atoms with Gasteiger partial charge >= 0.3 is 0 Å². The van der Waals surface area contributed by atoms with Crippen molar-refractivity contribution in [1.82, 2.24) is 0 Å². The fourth-order valence-corrected chi connectivity index (χ4v) is 1.44. The zero-order valence-corrected chi connectivity index (χ0v) is 7.60. The van der Waals surface area contributed by atoms with Gasteiger partial charge in [0.1, 0.15) is 24.0 Å². The van der Waals surface area contributed by atoms with E-state index in [0.29, 0.717) is 6.61 Å². The Morgan fingerprint density at radius 1 is 1.36 bits per heavy atom. The van der Waals surface area contributed by atoms with Crippen molar-refractivity contribution in [1.29, 1.82) is 0 Å². The Balaban J connectivity index is 1.89. The van der Waals surface area contributed by atoms with Crippen LogP contribution in [0.15, 0.2) is 34.9 Å². The van der Waals surface area contributed by atoms with Crippen LogP contribution in [-0.2, 0) is 4.74 Å². The maximum atomic E-state index is 5.62. The number of furan rings is 1. The van der Waals surface area contributed by atoms with Crippen molar-refractivity contribution in [3.8, 4) is 5.75 Å². The Hall–Kier alpha value is -1.48. The molecule has 0 N–H and O–H groups in total. The van der Waals surface area contributed by atoms with Gasteiger partial charge in [0, 0.05) is 0 Å². The molecule has 1 aromatic heterocycles. The van der Waals surface area contributed by atoms with Gasteiger partial charge in [0.2, 0.25) is 0 Å². The normalized spacial score (nSPS) is 19.9. The number of benzene rings is 1. The largest absolute Gasteiger partial charge is 0.490 e. The molecule has 0 amide bonds. The Morgan fingerprint density at radius 2 is 2.29 bits per heavy atom. The van der Waals surface area contributed by atoms with E-state index >= 15 is 0 Å². The fourth-order valence-electron chi connectivity index (χ4n) is 1.44. The van der Waals surface area contributed by atoms with Gasteiger partial charge in [-0.3, -0.25) is 0 Å². The summed E-state index contributed by atoms with van der Waals surface area (Å²) in [6.45, 7) is 1.45. The smallest absolute Gasteiger partial charge is 0.137 e. The van der Waals surface area contributed by atoms with Crippen molar-refractivity contribution < 1.29 is 13.9 Å². The molecule has 3 heteroatoms. The third kappa shape index (κ3) is 1.36. The standard InChI is InChI=1S/C11H10O3/c1-2-10-9(4-5-12-10)11(3-1)14-7-8-6-13-8/h1-5,8H,6-7H2/t8-/m1/s1. The lowest BCUT2D eigenvalue weighted by Gasteiger charge is -2.04. The lowest BCUT2D eigenvalue weighted by molar-refractivity contribution is 0.265. The first kappa shape index (κ1) is 7.88. The Labute approximate surface area is 81.2 Å². The summed E-state index contributed by atoms with van der Waals surface area (Å²) in [6.07, 6.45) is 1.96. The van der Waals surface area contributed by atoms with Crippen molar-refractivity contribution in [3.05, 3.63) is 30.5 Å². The zero-order chi connectivity index (χ0) is 9.38. The molecule has 0 saturated carbocycles. The maximum absolute atomic E-state index is 5.62. The molecule has 1 aliphatic heterocycles. The SMILES string of the molecule is c1cc(OC[C@H]2CO2)c2ccoc2c1. The second kappa shape index (κ2) is 3.03. The van der Waals surface area contributed by atoms with E-state index in [-0.39, 0.29) is 6.10 Å². The zero-order valence-electron chi connectivity index (χ0n) is 7.60. The minimum absolute atomic E-state index is 0.289. The van der Waals surface area contributed by atoms with Crippen LogP contribution in [0.2, 0.25) is 0 Å². The number of epoxide rings is 1. The third-order valence-electron chi connectivity index (χ3n) is 2.28. The van der Waals surface area contributed by atoms with Gasteiger partial charge in [-0.25, -0.2) is 0 Å². The number of hydrogen-bond donors (Lipinski definition) is 0. The van der Waals surface area contributed by atoms with Crippen LogP contribution in [0.4, 0.5) is 0 Å². The average Bonchev–Trinajstić information content (AvgIpc) is 2.91. The summed E-state index contributed by atoms with van der Waals surface area (Å²) < 4.78 is 16.0. The predicted molar refractivity (Wildman–Crippen MR) is 51.4 cm³/mol. The first-order chi connectivity index (χ1) is 6.93. The quantitative estimate of drug-likeness (QED) is 0.696. The lowest BCUT2D eigenvalue weighted by Crippen LogP contribution is -2.03. The molecule has 0 radical (unpaired) electrons. The molecule has 2 aromatic rings. The van der Waals surface area contributed by atoms with Crippen LogP contribution in [0, 0.1) is 0 Å². The summed E-state index contributed by atoms with van der Waals surface area (Å²) in [7, 11) is 0. The highest BCUT2D eigenvalue weighted by Gasteiger charge is 2.23. The molecule has 1 fully saturated rings. The van der Waals surface area contributed by atoms with Crippen molar-refractivity contribution >= 4 is 11.0 Å². The van der Waals surface area contributed by atoms with Crippen molar-refractivity contribution in [2.24, 2.45) is 0 Å². The molecule has 0 unspecified atom stereocenters. The lowest BCUT2D eigenvalue weighted by atomic mass is 10.2. The molecule has 2 heterocycles. The van der Waals surface area contributed by atoms with Gasteiger partial charge in [-0.1, -0.05) is 6.07 Å². The van der Waals surface area contributed by atoms with Crippen molar-refractivity contribution in [3.63, 3.8) is 0 Å². The van der Waals surface area contributed by atoms with Gasteiger partial charge in [-0.2, -0.15) is 0 Å². The van der Waals surface area contributed by atoms with Crippen LogP contribution in [-0.4, -0.2) is 19.3 Å². The number of ether oxygens (including phenoxy) is 2. The topological polar surface area (TPSA) is 34.9 Å². The van der Waals surface area contributed by atoms with E-state index in [1.165, 1.54) is 0 Å². The van der Waals surface area contributed by atoms with Crippen molar-refractivity contribution in [2.75, 3.05) is 13.2 Å². The predicted octanol–water partition coefficient (Wildman–Crippen LogP) is 2.21. The molecule has 72 valence electrons. The van der Waals surface area contributed by atoms with Gasteiger partial charge in [-0.05, 0) is 18.2 Å². The minimum Gasteiger partial charge on any atom is -0.490 e. The molecule has 1 aromatic carbocycles. The van der Waals surface area contributed by atoms with Crippen molar-refractivity contribution in [2.45, 2.75) is 6.10 Å². The highest BCUT2D eigenvalue weighted by Crippen LogP contribution is 2.26. The summed E-state index contributed by atoms with van der Waals surface area (Å²) in [5, 5.41) is 1.02. The molecule has 3 rings (SSSR count). The van der Waals surface area contributed by atoms with Gasteiger partial charge in [0.25, 0.3) is 0 Å². The molecule has 1 aliphatic rings. The maximum Gasteiger partial charge on any atom is 0.137 e. The first-order valence-electron chi connectivity index (χ1n) is 4.64. The summed E-state index contributed by atoms with van der Waals surface area (Å²) in [4.78, 5) is 0. The minimum atomic E-state index is 0.289.